The van der Waals surface area contributed by atoms with Gasteiger partial charge in [0.25, 0.3) is 0 Å². The van der Waals surface area contributed by atoms with Crippen LogP contribution in [0, 0.1) is 0 Å². The van der Waals surface area contributed by atoms with E-state index in [1.54, 1.807) is 11.3 Å². The lowest BCUT2D eigenvalue weighted by Crippen LogP contribution is -2.02. The molecular weight excluding hydrogens is 304 g/mol. The maximum absolute atomic E-state index is 5.92. The van der Waals surface area contributed by atoms with Gasteiger partial charge in [0.15, 0.2) is 0 Å². The molecule has 23 heavy (non-hydrogen) atoms. The molecule has 4 rings (SSSR count). The molecule has 0 amide bonds. The zero-order valence-corrected chi connectivity index (χ0v) is 13.6. The number of rotatable bonds is 3. The summed E-state index contributed by atoms with van der Waals surface area (Å²) in [6.07, 6.45) is 1.75. The summed E-state index contributed by atoms with van der Waals surface area (Å²) in [5, 5.41) is 1.12. The van der Waals surface area contributed by atoms with Crippen molar-refractivity contribution in [2.45, 2.75) is 12.8 Å². The molecule has 0 fully saturated rings. The van der Waals surface area contributed by atoms with E-state index in [0.717, 1.165) is 34.9 Å². The molecule has 0 aliphatic carbocycles. The molecule has 2 heterocycles. The van der Waals surface area contributed by atoms with Crippen LogP contribution in [0.1, 0.15) is 9.88 Å². The number of thiazole rings is 1. The highest BCUT2D eigenvalue weighted by Gasteiger charge is 2.20. The minimum absolute atomic E-state index is 0.639. The van der Waals surface area contributed by atoms with E-state index in [1.807, 2.05) is 6.07 Å². The van der Waals surface area contributed by atoms with E-state index in [0.29, 0.717) is 13.2 Å². The Hall–Kier alpha value is -2.17. The Morgan fingerprint density at radius 2 is 1.96 bits per heavy atom. The lowest BCUT2D eigenvalue weighted by atomic mass is 10.0. The number of hydrogen-bond donors (Lipinski definition) is 1. The van der Waals surface area contributed by atoms with E-state index < -0.39 is 0 Å². The van der Waals surface area contributed by atoms with Gasteiger partial charge < -0.3 is 10.5 Å². The van der Waals surface area contributed by atoms with Crippen LogP contribution in [0.5, 0.6) is 5.75 Å². The second-order valence-electron chi connectivity index (χ2n) is 5.59. The predicted molar refractivity (Wildman–Crippen MR) is 94.9 cm³/mol. The van der Waals surface area contributed by atoms with E-state index in [-0.39, 0.29) is 0 Å². The molecule has 4 heteroatoms. The molecule has 0 atom stereocenters. The monoisotopic (exact) mass is 322 g/mol. The van der Waals surface area contributed by atoms with Crippen LogP contribution < -0.4 is 10.5 Å². The molecule has 3 aromatic rings. The van der Waals surface area contributed by atoms with Gasteiger partial charge in [0.2, 0.25) is 0 Å². The fourth-order valence-corrected chi connectivity index (χ4v) is 3.99. The number of benzene rings is 2. The fraction of sp³-hybridized carbons (Fsp3) is 0.211. The molecule has 1 aliphatic rings. The van der Waals surface area contributed by atoms with Gasteiger partial charge in [-0.3, -0.25) is 0 Å². The first-order chi connectivity index (χ1) is 11.3. The first-order valence-electron chi connectivity index (χ1n) is 7.86. The minimum Gasteiger partial charge on any atom is -0.493 e. The molecule has 0 spiro atoms. The van der Waals surface area contributed by atoms with Crippen molar-refractivity contribution in [2.24, 2.45) is 5.73 Å². The number of nitrogens with zero attached hydrogens (tertiary/aromatic N) is 1. The molecule has 0 bridgehead atoms. The van der Waals surface area contributed by atoms with Gasteiger partial charge in [-0.05, 0) is 29.8 Å². The summed E-state index contributed by atoms with van der Waals surface area (Å²) in [5.74, 6) is 0.924. The van der Waals surface area contributed by atoms with Gasteiger partial charge in [-0.25, -0.2) is 4.98 Å². The van der Waals surface area contributed by atoms with Gasteiger partial charge in [0.1, 0.15) is 5.75 Å². The normalized spacial score (nSPS) is 12.9. The van der Waals surface area contributed by atoms with E-state index >= 15 is 0 Å². The number of nitrogens with two attached hydrogens (primary N) is 1. The largest absolute Gasteiger partial charge is 0.493 e. The van der Waals surface area contributed by atoms with Crippen LogP contribution in [0.2, 0.25) is 0 Å². The van der Waals surface area contributed by atoms with E-state index in [9.17, 15) is 0 Å². The average Bonchev–Trinajstić information content (AvgIpc) is 2.91. The zero-order chi connectivity index (χ0) is 15.6. The van der Waals surface area contributed by atoms with Crippen LogP contribution >= 0.6 is 11.3 Å². The molecule has 2 aromatic carbocycles. The van der Waals surface area contributed by atoms with E-state index in [4.69, 9.17) is 15.5 Å². The molecule has 1 aromatic heterocycles. The molecule has 116 valence electrons. The van der Waals surface area contributed by atoms with Crippen LogP contribution in [-0.4, -0.2) is 18.1 Å². The SMILES string of the molecule is NCCc1nc2c(s1)CCOc1ccc(-c3ccccc3)cc1-2. The third-order valence-corrected chi connectivity index (χ3v) is 5.20. The molecular formula is C19H18N2OS. The van der Waals surface area contributed by atoms with Crippen molar-refractivity contribution in [1.82, 2.24) is 4.98 Å². The molecule has 0 saturated carbocycles. The van der Waals surface area contributed by atoms with Gasteiger partial charge in [-0.2, -0.15) is 0 Å². The van der Waals surface area contributed by atoms with Crippen LogP contribution in [-0.2, 0) is 12.8 Å². The van der Waals surface area contributed by atoms with Crippen molar-refractivity contribution >= 4 is 11.3 Å². The molecule has 2 N–H and O–H groups in total. The first-order valence-corrected chi connectivity index (χ1v) is 8.68. The van der Waals surface area contributed by atoms with Crippen molar-refractivity contribution in [1.29, 1.82) is 0 Å². The highest BCUT2D eigenvalue weighted by Crippen LogP contribution is 2.39. The second kappa shape index (κ2) is 6.14. The van der Waals surface area contributed by atoms with Gasteiger partial charge in [0, 0.05) is 23.3 Å². The third kappa shape index (κ3) is 2.76. The van der Waals surface area contributed by atoms with Crippen LogP contribution in [0.15, 0.2) is 48.5 Å². The zero-order valence-electron chi connectivity index (χ0n) is 12.8. The number of fused-ring (bicyclic) bond motifs is 3. The Balaban J connectivity index is 1.84. The average molecular weight is 322 g/mol. The van der Waals surface area contributed by atoms with Crippen molar-refractivity contribution in [3.05, 3.63) is 58.4 Å². The van der Waals surface area contributed by atoms with Crippen molar-refractivity contribution in [3.63, 3.8) is 0 Å². The number of ether oxygens (including phenoxy) is 1. The molecule has 3 nitrogen and oxygen atoms in total. The van der Waals surface area contributed by atoms with E-state index in [2.05, 4.69) is 42.5 Å². The van der Waals surface area contributed by atoms with Crippen LogP contribution in [0.3, 0.4) is 0 Å². The minimum atomic E-state index is 0.639. The maximum Gasteiger partial charge on any atom is 0.128 e. The Morgan fingerprint density at radius 3 is 2.78 bits per heavy atom. The van der Waals surface area contributed by atoms with Gasteiger partial charge in [0.05, 0.1) is 17.3 Å². The number of hydrogen-bond acceptors (Lipinski definition) is 4. The Kier molecular flexibility index (Phi) is 3.85. The highest BCUT2D eigenvalue weighted by atomic mass is 32.1. The number of aromatic nitrogens is 1. The van der Waals surface area contributed by atoms with E-state index in [1.165, 1.54) is 16.0 Å². The lowest BCUT2D eigenvalue weighted by molar-refractivity contribution is 0.327. The topological polar surface area (TPSA) is 48.1 Å². The summed E-state index contributed by atoms with van der Waals surface area (Å²) in [6, 6.07) is 16.8. The predicted octanol–water partition coefficient (Wildman–Crippen LogP) is 3.91. The highest BCUT2D eigenvalue weighted by molar-refractivity contribution is 7.12. The standard InChI is InChI=1S/C19H18N2OS/c20-10-8-18-21-19-15-12-14(13-4-2-1-3-5-13)6-7-16(15)22-11-9-17(19)23-18/h1-7,12H,8-11,20H2. The Morgan fingerprint density at radius 1 is 1.09 bits per heavy atom. The smallest absolute Gasteiger partial charge is 0.128 e. The maximum atomic E-state index is 5.92. The summed E-state index contributed by atoms with van der Waals surface area (Å²) in [7, 11) is 0. The lowest BCUT2D eigenvalue weighted by Gasteiger charge is -2.09. The quantitative estimate of drug-likeness (QED) is 0.795. The molecule has 1 aliphatic heterocycles. The van der Waals surface area contributed by atoms with Crippen molar-refractivity contribution < 1.29 is 4.74 Å². The molecule has 0 saturated heterocycles. The third-order valence-electron chi connectivity index (χ3n) is 4.03. The Bertz CT molecular complexity index is 827. The Labute approximate surface area is 139 Å². The summed E-state index contributed by atoms with van der Waals surface area (Å²) in [4.78, 5) is 6.14. The molecule has 0 unspecified atom stereocenters. The summed E-state index contributed by atoms with van der Waals surface area (Å²) in [5.41, 5.74) is 10.3. The van der Waals surface area contributed by atoms with Gasteiger partial charge in [-0.1, -0.05) is 36.4 Å². The van der Waals surface area contributed by atoms with Crippen molar-refractivity contribution in [2.75, 3.05) is 13.2 Å². The molecule has 0 radical (unpaired) electrons. The second-order valence-corrected chi connectivity index (χ2v) is 6.76. The fourth-order valence-electron chi connectivity index (χ4n) is 2.92. The van der Waals surface area contributed by atoms with Crippen LogP contribution in [0.4, 0.5) is 0 Å². The van der Waals surface area contributed by atoms with Gasteiger partial charge >= 0.3 is 0 Å². The van der Waals surface area contributed by atoms with Crippen LogP contribution in [0.25, 0.3) is 22.4 Å². The summed E-state index contributed by atoms with van der Waals surface area (Å²) >= 11 is 1.77. The van der Waals surface area contributed by atoms with Gasteiger partial charge in [-0.15, -0.1) is 11.3 Å². The van der Waals surface area contributed by atoms with Crippen molar-refractivity contribution in [3.8, 4) is 28.1 Å². The first kappa shape index (κ1) is 14.4. The summed E-state index contributed by atoms with van der Waals surface area (Å²) in [6.45, 7) is 1.34. The summed E-state index contributed by atoms with van der Waals surface area (Å²) < 4.78 is 5.92.